The van der Waals surface area contributed by atoms with Crippen molar-refractivity contribution in [2.75, 3.05) is 19.0 Å². The maximum absolute atomic E-state index is 5.75. The molecular formula is C13H17N3O2S. The van der Waals surface area contributed by atoms with Crippen molar-refractivity contribution >= 4 is 16.7 Å². The fourth-order valence-corrected chi connectivity index (χ4v) is 2.00. The van der Waals surface area contributed by atoms with E-state index in [1.807, 2.05) is 18.2 Å². The molecule has 102 valence electrons. The normalized spacial score (nSPS) is 10.2. The molecule has 6 heteroatoms. The second-order valence-electron chi connectivity index (χ2n) is 3.92. The van der Waals surface area contributed by atoms with Crippen molar-refractivity contribution in [3.05, 3.63) is 30.1 Å². The van der Waals surface area contributed by atoms with Crippen molar-refractivity contribution in [3.63, 3.8) is 0 Å². The second-order valence-corrected chi connectivity index (χ2v) is 4.70. The van der Waals surface area contributed by atoms with Crippen LogP contribution in [0.1, 0.15) is 18.9 Å². The van der Waals surface area contributed by atoms with E-state index in [0.29, 0.717) is 13.2 Å². The molecule has 0 aliphatic rings. The molecule has 0 amide bonds. The molecule has 0 fully saturated rings. The summed E-state index contributed by atoms with van der Waals surface area (Å²) >= 11 is 1.34. The first-order chi connectivity index (χ1) is 9.33. The fraction of sp³-hybridized carbons (Fsp3) is 0.385. The molecule has 0 aliphatic heterocycles. The van der Waals surface area contributed by atoms with Gasteiger partial charge < -0.3 is 14.8 Å². The van der Waals surface area contributed by atoms with E-state index >= 15 is 0 Å². The van der Waals surface area contributed by atoms with Crippen LogP contribution in [0.5, 0.6) is 11.5 Å². The van der Waals surface area contributed by atoms with Crippen LogP contribution in [0.3, 0.4) is 0 Å². The third kappa shape index (κ3) is 3.82. The molecular weight excluding hydrogens is 262 g/mol. The monoisotopic (exact) mass is 279 g/mol. The first-order valence-electron chi connectivity index (χ1n) is 6.13. The van der Waals surface area contributed by atoms with Crippen molar-refractivity contribution in [3.8, 4) is 11.5 Å². The lowest BCUT2D eigenvalue weighted by atomic mass is 10.2. The van der Waals surface area contributed by atoms with E-state index in [9.17, 15) is 0 Å². The van der Waals surface area contributed by atoms with E-state index in [1.54, 1.807) is 7.11 Å². The first kappa shape index (κ1) is 13.6. The smallest absolute Gasteiger partial charge is 0.202 e. The molecule has 0 bridgehead atoms. The molecule has 0 spiro atoms. The molecule has 0 saturated carbocycles. The summed E-state index contributed by atoms with van der Waals surface area (Å²) in [4.78, 5) is 4.09. The van der Waals surface area contributed by atoms with Gasteiger partial charge in [-0.3, -0.25) is 0 Å². The summed E-state index contributed by atoms with van der Waals surface area (Å²) in [6.07, 6.45) is 2.51. The number of anilines is 1. The molecule has 0 atom stereocenters. The highest BCUT2D eigenvalue weighted by Gasteiger charge is 2.06. The van der Waals surface area contributed by atoms with Gasteiger partial charge in [0, 0.05) is 29.7 Å². The molecule has 2 rings (SSSR count). The van der Waals surface area contributed by atoms with E-state index < -0.39 is 0 Å². The highest BCUT2D eigenvalue weighted by Crippen LogP contribution is 2.26. The number of nitrogens with zero attached hydrogens (tertiary/aromatic N) is 2. The van der Waals surface area contributed by atoms with Crippen LogP contribution in [0.15, 0.2) is 24.5 Å². The molecule has 1 heterocycles. The Bertz CT molecular complexity index is 503. The largest absolute Gasteiger partial charge is 0.497 e. The summed E-state index contributed by atoms with van der Waals surface area (Å²) in [5.74, 6) is 1.64. The third-order valence-electron chi connectivity index (χ3n) is 2.53. The molecule has 1 aromatic carbocycles. The van der Waals surface area contributed by atoms with Crippen LogP contribution in [0, 0.1) is 0 Å². The first-order valence-corrected chi connectivity index (χ1v) is 6.91. The van der Waals surface area contributed by atoms with Crippen LogP contribution in [0.25, 0.3) is 0 Å². The molecule has 0 unspecified atom stereocenters. The zero-order valence-electron chi connectivity index (χ0n) is 11.0. The minimum Gasteiger partial charge on any atom is -0.497 e. The Morgan fingerprint density at radius 2 is 2.26 bits per heavy atom. The van der Waals surface area contributed by atoms with E-state index in [1.165, 1.54) is 17.9 Å². The number of aromatic nitrogens is 2. The Morgan fingerprint density at radius 1 is 1.37 bits per heavy atom. The van der Waals surface area contributed by atoms with Crippen LogP contribution in [-0.2, 0) is 6.54 Å². The summed E-state index contributed by atoms with van der Waals surface area (Å²) in [7, 11) is 1.65. The van der Waals surface area contributed by atoms with Gasteiger partial charge in [0.15, 0.2) is 0 Å². The standard InChI is InChI=1S/C13H17N3O2S/c1-3-6-18-12-7-11(17-2)5-4-10(12)8-14-13-15-9-16-19-13/h4-5,7,9H,3,6,8H2,1-2H3,(H,14,15,16). The molecule has 19 heavy (non-hydrogen) atoms. The van der Waals surface area contributed by atoms with E-state index in [0.717, 1.165) is 28.6 Å². The van der Waals surface area contributed by atoms with Crippen LogP contribution in [0.2, 0.25) is 0 Å². The quantitative estimate of drug-likeness (QED) is 0.844. The Kier molecular flexibility index (Phi) is 4.97. The number of hydrogen-bond acceptors (Lipinski definition) is 6. The summed E-state index contributed by atoms with van der Waals surface area (Å²) in [5, 5.41) is 4.02. The summed E-state index contributed by atoms with van der Waals surface area (Å²) in [5.41, 5.74) is 1.07. The van der Waals surface area contributed by atoms with Gasteiger partial charge in [0.1, 0.15) is 17.8 Å². The number of hydrogen-bond donors (Lipinski definition) is 1. The zero-order chi connectivity index (χ0) is 13.5. The SMILES string of the molecule is CCCOc1cc(OC)ccc1CNc1ncns1. The van der Waals surface area contributed by atoms with Crippen molar-refractivity contribution in [2.24, 2.45) is 0 Å². The number of methoxy groups -OCH3 is 1. The second kappa shape index (κ2) is 6.94. The van der Waals surface area contributed by atoms with Crippen LogP contribution in [-0.4, -0.2) is 23.1 Å². The Hall–Kier alpha value is -1.82. The Balaban J connectivity index is 2.08. The summed E-state index contributed by atoms with van der Waals surface area (Å²) in [6, 6.07) is 5.83. The van der Waals surface area contributed by atoms with Gasteiger partial charge in [0.05, 0.1) is 13.7 Å². The topological polar surface area (TPSA) is 56.3 Å². The van der Waals surface area contributed by atoms with Crippen molar-refractivity contribution in [1.82, 2.24) is 9.36 Å². The highest BCUT2D eigenvalue weighted by molar-refractivity contribution is 7.09. The molecule has 0 aliphatic carbocycles. The predicted octanol–water partition coefficient (Wildman–Crippen LogP) is 2.95. The van der Waals surface area contributed by atoms with Gasteiger partial charge in [-0.1, -0.05) is 6.92 Å². The third-order valence-corrected chi connectivity index (χ3v) is 3.15. The maximum atomic E-state index is 5.75. The highest BCUT2D eigenvalue weighted by atomic mass is 32.1. The van der Waals surface area contributed by atoms with Gasteiger partial charge in [-0.05, 0) is 18.6 Å². The Labute approximate surface area is 116 Å². The number of nitrogens with one attached hydrogen (secondary N) is 1. The minimum atomic E-state index is 0.651. The van der Waals surface area contributed by atoms with Gasteiger partial charge in [-0.2, -0.15) is 4.37 Å². The lowest BCUT2D eigenvalue weighted by Gasteiger charge is -2.12. The van der Waals surface area contributed by atoms with Gasteiger partial charge in [0.2, 0.25) is 5.13 Å². The zero-order valence-corrected chi connectivity index (χ0v) is 11.9. The molecule has 0 radical (unpaired) electrons. The average molecular weight is 279 g/mol. The lowest BCUT2D eigenvalue weighted by Crippen LogP contribution is -2.04. The van der Waals surface area contributed by atoms with Crippen molar-refractivity contribution in [1.29, 1.82) is 0 Å². The number of rotatable bonds is 7. The predicted molar refractivity (Wildman–Crippen MR) is 76.0 cm³/mol. The number of ether oxygens (including phenoxy) is 2. The summed E-state index contributed by atoms with van der Waals surface area (Å²) in [6.45, 7) is 3.43. The van der Waals surface area contributed by atoms with E-state index in [2.05, 4.69) is 21.6 Å². The van der Waals surface area contributed by atoms with Crippen LogP contribution in [0.4, 0.5) is 5.13 Å². The molecule has 1 aromatic heterocycles. The van der Waals surface area contributed by atoms with Crippen molar-refractivity contribution < 1.29 is 9.47 Å². The molecule has 5 nitrogen and oxygen atoms in total. The van der Waals surface area contributed by atoms with Gasteiger partial charge in [0.25, 0.3) is 0 Å². The van der Waals surface area contributed by atoms with Gasteiger partial charge in [-0.25, -0.2) is 4.98 Å². The maximum Gasteiger partial charge on any atom is 0.202 e. The molecule has 1 N–H and O–H groups in total. The Morgan fingerprint density at radius 3 is 2.95 bits per heavy atom. The lowest BCUT2D eigenvalue weighted by molar-refractivity contribution is 0.311. The fourth-order valence-electron chi connectivity index (χ4n) is 1.58. The van der Waals surface area contributed by atoms with Gasteiger partial charge in [-0.15, -0.1) is 0 Å². The van der Waals surface area contributed by atoms with E-state index in [-0.39, 0.29) is 0 Å². The summed E-state index contributed by atoms with van der Waals surface area (Å²) < 4.78 is 14.9. The van der Waals surface area contributed by atoms with E-state index in [4.69, 9.17) is 9.47 Å². The minimum absolute atomic E-state index is 0.651. The van der Waals surface area contributed by atoms with Crippen LogP contribution < -0.4 is 14.8 Å². The molecule has 0 saturated heterocycles. The molecule has 2 aromatic rings. The van der Waals surface area contributed by atoms with Crippen LogP contribution >= 0.6 is 11.5 Å². The average Bonchev–Trinajstić information content (AvgIpc) is 2.96. The number of benzene rings is 1. The van der Waals surface area contributed by atoms with Crippen molar-refractivity contribution in [2.45, 2.75) is 19.9 Å². The van der Waals surface area contributed by atoms with Gasteiger partial charge >= 0.3 is 0 Å².